The maximum Gasteiger partial charge on any atom is 0.220 e. The van der Waals surface area contributed by atoms with Crippen molar-refractivity contribution in [3.05, 3.63) is 0 Å². The second-order valence-corrected chi connectivity index (χ2v) is 5.27. The van der Waals surface area contributed by atoms with Crippen molar-refractivity contribution in [3.8, 4) is 0 Å². The summed E-state index contributed by atoms with van der Waals surface area (Å²) in [5, 5.41) is 6.54. The predicted molar refractivity (Wildman–Crippen MR) is 74.1 cm³/mol. The Labute approximate surface area is 116 Å². The van der Waals surface area contributed by atoms with E-state index in [4.69, 9.17) is 4.74 Å². The first-order valence-corrected chi connectivity index (χ1v) is 6.83. The molecular weight excluding hydrogens is 252 g/mol. The van der Waals surface area contributed by atoms with Crippen LogP contribution in [0, 0.1) is 0 Å². The molecule has 0 aromatic heterocycles. The number of ether oxygens (including phenoxy) is 1. The molecule has 1 amide bonds. The Kier molecular flexibility index (Phi) is 6.97. The van der Waals surface area contributed by atoms with E-state index in [0.29, 0.717) is 24.6 Å². The Hall–Kier alpha value is -0.320. The van der Waals surface area contributed by atoms with Gasteiger partial charge in [-0.1, -0.05) is 0 Å². The van der Waals surface area contributed by atoms with E-state index in [2.05, 4.69) is 10.6 Å². The van der Waals surface area contributed by atoms with Gasteiger partial charge in [-0.15, -0.1) is 12.4 Å². The summed E-state index contributed by atoms with van der Waals surface area (Å²) >= 11 is 0. The number of nitrogens with one attached hydrogen (secondary N) is 2. The van der Waals surface area contributed by atoms with Crippen LogP contribution in [0.25, 0.3) is 0 Å². The van der Waals surface area contributed by atoms with Gasteiger partial charge in [-0.2, -0.15) is 0 Å². The third-order valence-corrected chi connectivity index (χ3v) is 3.97. The molecule has 2 N–H and O–H groups in total. The Morgan fingerprint density at radius 3 is 2.83 bits per heavy atom. The Morgan fingerprint density at radius 2 is 2.22 bits per heavy atom. The van der Waals surface area contributed by atoms with Crippen molar-refractivity contribution in [3.63, 3.8) is 0 Å². The molecule has 1 heterocycles. The van der Waals surface area contributed by atoms with Crippen LogP contribution in [0.4, 0.5) is 0 Å². The molecule has 1 aliphatic heterocycles. The van der Waals surface area contributed by atoms with E-state index in [1.807, 2.05) is 0 Å². The highest BCUT2D eigenvalue weighted by molar-refractivity contribution is 5.85. The minimum absolute atomic E-state index is 0. The number of carbonyl (C=O) groups is 1. The molecule has 2 rings (SSSR count). The molecule has 3 unspecified atom stereocenters. The second-order valence-electron chi connectivity index (χ2n) is 5.27. The van der Waals surface area contributed by atoms with Gasteiger partial charge in [-0.05, 0) is 45.1 Å². The first kappa shape index (κ1) is 15.7. The Bertz CT molecular complexity index is 257. The fraction of sp³-hybridized carbons (Fsp3) is 0.923. The second kappa shape index (κ2) is 7.97. The third kappa shape index (κ3) is 4.75. The fourth-order valence-corrected chi connectivity index (χ4v) is 2.89. The maximum atomic E-state index is 11.8. The average Bonchev–Trinajstić information content (AvgIpc) is 2.97. The van der Waals surface area contributed by atoms with Gasteiger partial charge in [0.25, 0.3) is 0 Å². The fourth-order valence-electron chi connectivity index (χ4n) is 2.89. The number of methoxy groups -OCH3 is 1. The van der Waals surface area contributed by atoms with Crippen LogP contribution >= 0.6 is 12.4 Å². The van der Waals surface area contributed by atoms with Gasteiger partial charge in [0.1, 0.15) is 0 Å². The molecule has 0 aromatic rings. The van der Waals surface area contributed by atoms with Crippen molar-refractivity contribution in [2.24, 2.45) is 0 Å². The zero-order valence-corrected chi connectivity index (χ0v) is 11.9. The highest BCUT2D eigenvalue weighted by atomic mass is 35.5. The number of hydrogen-bond donors (Lipinski definition) is 2. The van der Waals surface area contributed by atoms with Gasteiger partial charge in [0.2, 0.25) is 5.91 Å². The molecule has 18 heavy (non-hydrogen) atoms. The summed E-state index contributed by atoms with van der Waals surface area (Å²) in [5.41, 5.74) is 0. The molecule has 0 radical (unpaired) electrons. The van der Waals surface area contributed by atoms with Crippen LogP contribution in [0.1, 0.15) is 44.9 Å². The number of amides is 1. The summed E-state index contributed by atoms with van der Waals surface area (Å²) in [7, 11) is 1.75. The van der Waals surface area contributed by atoms with E-state index in [1.165, 1.54) is 12.8 Å². The van der Waals surface area contributed by atoms with Gasteiger partial charge in [-0.25, -0.2) is 0 Å². The Morgan fingerprint density at radius 1 is 1.39 bits per heavy atom. The zero-order valence-electron chi connectivity index (χ0n) is 11.1. The third-order valence-electron chi connectivity index (χ3n) is 3.97. The van der Waals surface area contributed by atoms with Crippen molar-refractivity contribution in [2.75, 3.05) is 13.7 Å². The SMILES string of the molecule is COC1CCC(NC(=O)CCC2CCCN2)C1.Cl. The summed E-state index contributed by atoms with van der Waals surface area (Å²) in [6, 6.07) is 0.903. The number of rotatable bonds is 5. The van der Waals surface area contributed by atoms with Crippen LogP contribution in [0.3, 0.4) is 0 Å². The molecule has 5 heteroatoms. The highest BCUT2D eigenvalue weighted by Crippen LogP contribution is 2.21. The van der Waals surface area contributed by atoms with Gasteiger partial charge in [0.15, 0.2) is 0 Å². The lowest BCUT2D eigenvalue weighted by molar-refractivity contribution is -0.122. The molecule has 3 atom stereocenters. The lowest BCUT2D eigenvalue weighted by atomic mass is 10.1. The molecule has 2 fully saturated rings. The minimum Gasteiger partial charge on any atom is -0.381 e. The molecule has 0 bridgehead atoms. The van der Waals surface area contributed by atoms with Crippen molar-refractivity contribution >= 4 is 18.3 Å². The molecular formula is C13H25ClN2O2. The van der Waals surface area contributed by atoms with Gasteiger partial charge >= 0.3 is 0 Å². The van der Waals surface area contributed by atoms with Crippen LogP contribution in [0.2, 0.25) is 0 Å². The summed E-state index contributed by atoms with van der Waals surface area (Å²) in [4.78, 5) is 11.8. The Balaban J connectivity index is 0.00000162. The lowest BCUT2D eigenvalue weighted by Crippen LogP contribution is -2.34. The number of carbonyl (C=O) groups excluding carboxylic acids is 1. The van der Waals surface area contributed by atoms with Crippen LogP contribution in [-0.4, -0.2) is 37.7 Å². The van der Waals surface area contributed by atoms with Crippen LogP contribution < -0.4 is 10.6 Å². The van der Waals surface area contributed by atoms with Gasteiger partial charge in [0, 0.05) is 25.6 Å². The van der Waals surface area contributed by atoms with Crippen LogP contribution in [0.5, 0.6) is 0 Å². The summed E-state index contributed by atoms with van der Waals surface area (Å²) in [6.45, 7) is 1.12. The highest BCUT2D eigenvalue weighted by Gasteiger charge is 2.25. The van der Waals surface area contributed by atoms with E-state index in [-0.39, 0.29) is 18.3 Å². The zero-order chi connectivity index (χ0) is 12.1. The van der Waals surface area contributed by atoms with Crippen LogP contribution in [0.15, 0.2) is 0 Å². The van der Waals surface area contributed by atoms with E-state index in [9.17, 15) is 4.79 Å². The van der Waals surface area contributed by atoms with E-state index < -0.39 is 0 Å². The summed E-state index contributed by atoms with van der Waals surface area (Å²) < 4.78 is 5.30. The average molecular weight is 277 g/mol. The topological polar surface area (TPSA) is 50.4 Å². The van der Waals surface area contributed by atoms with Crippen molar-refractivity contribution < 1.29 is 9.53 Å². The predicted octanol–water partition coefficient (Wildman–Crippen LogP) is 1.62. The molecule has 0 aromatic carbocycles. The largest absolute Gasteiger partial charge is 0.381 e. The van der Waals surface area contributed by atoms with E-state index in [0.717, 1.165) is 32.2 Å². The van der Waals surface area contributed by atoms with Crippen molar-refractivity contribution in [2.45, 2.75) is 63.1 Å². The first-order chi connectivity index (χ1) is 8.28. The summed E-state index contributed by atoms with van der Waals surface area (Å²) in [6.07, 6.45) is 7.57. The smallest absolute Gasteiger partial charge is 0.220 e. The van der Waals surface area contributed by atoms with Crippen molar-refractivity contribution in [1.82, 2.24) is 10.6 Å². The molecule has 1 aliphatic carbocycles. The molecule has 1 saturated heterocycles. The normalized spacial score (nSPS) is 31.1. The van der Waals surface area contributed by atoms with Crippen molar-refractivity contribution in [1.29, 1.82) is 0 Å². The van der Waals surface area contributed by atoms with Gasteiger partial charge in [0.05, 0.1) is 6.10 Å². The quantitative estimate of drug-likeness (QED) is 0.802. The molecule has 2 aliphatic rings. The number of halogens is 1. The van der Waals surface area contributed by atoms with Gasteiger partial charge < -0.3 is 15.4 Å². The molecule has 4 nitrogen and oxygen atoms in total. The standard InChI is InChI=1S/C13H24N2O2.ClH/c1-17-12-6-4-11(9-12)15-13(16)7-5-10-3-2-8-14-10;/h10-12,14H,2-9H2,1H3,(H,15,16);1H. The molecule has 0 spiro atoms. The molecule has 106 valence electrons. The molecule has 1 saturated carbocycles. The van der Waals surface area contributed by atoms with E-state index >= 15 is 0 Å². The minimum atomic E-state index is 0. The lowest BCUT2D eigenvalue weighted by Gasteiger charge is -2.14. The van der Waals surface area contributed by atoms with Crippen LogP contribution in [-0.2, 0) is 9.53 Å². The monoisotopic (exact) mass is 276 g/mol. The first-order valence-electron chi connectivity index (χ1n) is 6.83. The van der Waals surface area contributed by atoms with E-state index in [1.54, 1.807) is 7.11 Å². The number of hydrogen-bond acceptors (Lipinski definition) is 3. The van der Waals surface area contributed by atoms with Gasteiger partial charge in [-0.3, -0.25) is 4.79 Å². The summed E-state index contributed by atoms with van der Waals surface area (Å²) in [5.74, 6) is 0.209. The maximum absolute atomic E-state index is 11.8.